The number of ether oxygens (including phenoxy) is 1. The molecule has 1 unspecified atom stereocenters. The van der Waals surface area contributed by atoms with Crippen molar-refractivity contribution in [1.29, 1.82) is 0 Å². The molecule has 1 atom stereocenters. The first-order valence-corrected chi connectivity index (χ1v) is 9.64. The number of esters is 1. The van der Waals surface area contributed by atoms with E-state index in [9.17, 15) is 9.59 Å². The Balaban J connectivity index is 2.08. The van der Waals surface area contributed by atoms with E-state index in [1.807, 2.05) is 58.9 Å². The van der Waals surface area contributed by atoms with Crippen molar-refractivity contribution in [2.75, 3.05) is 0 Å². The van der Waals surface area contributed by atoms with Crippen LogP contribution >= 0.6 is 11.3 Å². The van der Waals surface area contributed by atoms with Crippen molar-refractivity contribution in [3.8, 4) is 10.6 Å². The molecule has 1 heterocycles. The molecule has 0 saturated heterocycles. The van der Waals surface area contributed by atoms with Crippen LogP contribution in [0.15, 0.2) is 29.6 Å². The fourth-order valence-corrected chi connectivity index (χ4v) is 3.58. The minimum Gasteiger partial charge on any atom is -0.448 e. The molecular formula is C20H26N2O3S. The van der Waals surface area contributed by atoms with Crippen LogP contribution in [0, 0.1) is 6.92 Å². The molecule has 2 aromatic rings. The lowest BCUT2D eigenvalue weighted by atomic mass is 10.2. The predicted molar refractivity (Wildman–Crippen MR) is 104 cm³/mol. The number of benzene rings is 1. The van der Waals surface area contributed by atoms with Crippen molar-refractivity contribution < 1.29 is 14.3 Å². The average Bonchev–Trinajstić information content (AvgIpc) is 3.04. The van der Waals surface area contributed by atoms with E-state index in [2.05, 4.69) is 4.98 Å². The molecule has 0 radical (unpaired) electrons. The first kappa shape index (κ1) is 20.1. The second-order valence-corrected chi connectivity index (χ2v) is 7.74. The van der Waals surface area contributed by atoms with Gasteiger partial charge in [-0.2, -0.15) is 0 Å². The van der Waals surface area contributed by atoms with Gasteiger partial charge >= 0.3 is 5.97 Å². The third-order valence-electron chi connectivity index (χ3n) is 4.01. The van der Waals surface area contributed by atoms with E-state index in [4.69, 9.17) is 4.74 Å². The van der Waals surface area contributed by atoms with Crippen LogP contribution in [0.5, 0.6) is 0 Å². The Morgan fingerprint density at radius 3 is 2.15 bits per heavy atom. The van der Waals surface area contributed by atoms with Gasteiger partial charge in [-0.05, 0) is 41.5 Å². The summed E-state index contributed by atoms with van der Waals surface area (Å²) in [5, 5.41) is 2.42. The van der Waals surface area contributed by atoms with E-state index in [1.165, 1.54) is 11.3 Å². The van der Waals surface area contributed by atoms with Gasteiger partial charge in [-0.25, -0.2) is 9.78 Å². The summed E-state index contributed by atoms with van der Waals surface area (Å²) in [4.78, 5) is 31.0. The van der Waals surface area contributed by atoms with E-state index in [-0.39, 0.29) is 23.7 Å². The number of carbonyl (C=O) groups excluding carboxylic acids is 2. The third kappa shape index (κ3) is 4.69. The van der Waals surface area contributed by atoms with E-state index >= 15 is 0 Å². The molecule has 1 amide bonds. The highest BCUT2D eigenvalue weighted by Gasteiger charge is 2.28. The summed E-state index contributed by atoms with van der Waals surface area (Å²) < 4.78 is 5.36. The maximum absolute atomic E-state index is 12.6. The second kappa shape index (κ2) is 8.45. The van der Waals surface area contributed by atoms with Crippen LogP contribution in [0.1, 0.15) is 50.7 Å². The lowest BCUT2D eigenvalue weighted by Gasteiger charge is -2.32. The predicted octanol–water partition coefficient (Wildman–Crippen LogP) is 4.31. The standard InChI is InChI=1S/C20H26N2O3S/c1-12(2)22(13(3)4)19(23)15(6)25-20(24)17-11-26-18(21-17)16-9-7-14(5)8-10-16/h7-13,15H,1-6H3. The van der Waals surface area contributed by atoms with Crippen molar-refractivity contribution in [2.45, 2.75) is 59.7 Å². The normalized spacial score (nSPS) is 12.3. The van der Waals surface area contributed by atoms with E-state index in [1.54, 1.807) is 17.2 Å². The quantitative estimate of drug-likeness (QED) is 0.707. The molecular weight excluding hydrogens is 348 g/mol. The molecule has 0 aliphatic rings. The molecule has 1 aromatic heterocycles. The zero-order valence-electron chi connectivity index (χ0n) is 16.1. The minimum atomic E-state index is -0.850. The Morgan fingerprint density at radius 2 is 1.62 bits per heavy atom. The number of thiazole rings is 1. The molecule has 5 nitrogen and oxygen atoms in total. The number of nitrogens with zero attached hydrogens (tertiary/aromatic N) is 2. The van der Waals surface area contributed by atoms with Crippen molar-refractivity contribution in [3.05, 3.63) is 40.9 Å². The monoisotopic (exact) mass is 374 g/mol. The van der Waals surface area contributed by atoms with Crippen LogP contribution in [0.25, 0.3) is 10.6 Å². The Kier molecular flexibility index (Phi) is 6.53. The number of hydrogen-bond acceptors (Lipinski definition) is 5. The number of hydrogen-bond donors (Lipinski definition) is 0. The van der Waals surface area contributed by atoms with Crippen LogP contribution < -0.4 is 0 Å². The van der Waals surface area contributed by atoms with E-state index < -0.39 is 12.1 Å². The van der Waals surface area contributed by atoms with Crippen molar-refractivity contribution in [2.24, 2.45) is 0 Å². The molecule has 140 valence electrons. The smallest absolute Gasteiger partial charge is 0.358 e. The van der Waals surface area contributed by atoms with Crippen molar-refractivity contribution in [3.63, 3.8) is 0 Å². The summed E-state index contributed by atoms with van der Waals surface area (Å²) in [6.45, 7) is 11.4. The third-order valence-corrected chi connectivity index (χ3v) is 4.90. The van der Waals surface area contributed by atoms with Gasteiger partial charge in [0.1, 0.15) is 5.01 Å². The van der Waals surface area contributed by atoms with Gasteiger partial charge in [0.2, 0.25) is 0 Å². The van der Waals surface area contributed by atoms with Gasteiger partial charge in [0, 0.05) is 23.0 Å². The van der Waals surface area contributed by atoms with Crippen LogP contribution in [-0.2, 0) is 9.53 Å². The first-order valence-electron chi connectivity index (χ1n) is 8.76. The first-order chi connectivity index (χ1) is 12.2. The van der Waals surface area contributed by atoms with Gasteiger partial charge in [0.15, 0.2) is 11.8 Å². The van der Waals surface area contributed by atoms with Crippen molar-refractivity contribution in [1.82, 2.24) is 9.88 Å². The molecule has 0 fully saturated rings. The van der Waals surface area contributed by atoms with Crippen LogP contribution in [0.3, 0.4) is 0 Å². The van der Waals surface area contributed by atoms with Gasteiger partial charge < -0.3 is 9.64 Å². The number of aryl methyl sites for hydroxylation is 1. The summed E-state index contributed by atoms with van der Waals surface area (Å²) in [7, 11) is 0. The minimum absolute atomic E-state index is 0.0380. The maximum Gasteiger partial charge on any atom is 0.358 e. The largest absolute Gasteiger partial charge is 0.448 e. The molecule has 0 spiro atoms. The van der Waals surface area contributed by atoms with Crippen LogP contribution in [0.4, 0.5) is 0 Å². The van der Waals surface area contributed by atoms with Gasteiger partial charge in [-0.15, -0.1) is 11.3 Å². The highest BCUT2D eigenvalue weighted by atomic mass is 32.1. The zero-order valence-corrected chi connectivity index (χ0v) is 17.0. The summed E-state index contributed by atoms with van der Waals surface area (Å²) in [5.41, 5.74) is 2.34. The number of amides is 1. The molecule has 6 heteroatoms. The molecule has 0 bridgehead atoms. The lowest BCUT2D eigenvalue weighted by Crippen LogP contribution is -2.47. The molecule has 26 heavy (non-hydrogen) atoms. The second-order valence-electron chi connectivity index (χ2n) is 6.88. The van der Waals surface area contributed by atoms with Gasteiger partial charge in [-0.1, -0.05) is 29.8 Å². The molecule has 1 aromatic carbocycles. The van der Waals surface area contributed by atoms with Crippen LogP contribution in [0.2, 0.25) is 0 Å². The summed E-state index contributed by atoms with van der Waals surface area (Å²) >= 11 is 1.38. The van der Waals surface area contributed by atoms with E-state index in [0.717, 1.165) is 16.1 Å². The fraction of sp³-hybridized carbons (Fsp3) is 0.450. The molecule has 0 saturated carbocycles. The van der Waals surface area contributed by atoms with E-state index in [0.29, 0.717) is 0 Å². The molecule has 0 aliphatic carbocycles. The van der Waals surface area contributed by atoms with Gasteiger partial charge in [0.05, 0.1) is 0 Å². The Morgan fingerprint density at radius 1 is 1.04 bits per heavy atom. The SMILES string of the molecule is Cc1ccc(-c2nc(C(=O)OC(C)C(=O)N(C(C)C)C(C)C)cs2)cc1. The molecule has 0 aliphatic heterocycles. The van der Waals surface area contributed by atoms with Gasteiger partial charge in [-0.3, -0.25) is 4.79 Å². The summed E-state index contributed by atoms with van der Waals surface area (Å²) in [6, 6.07) is 8.02. The highest BCUT2D eigenvalue weighted by molar-refractivity contribution is 7.13. The topological polar surface area (TPSA) is 59.5 Å². The Labute approximate surface area is 159 Å². The van der Waals surface area contributed by atoms with Crippen molar-refractivity contribution >= 4 is 23.2 Å². The maximum atomic E-state index is 12.6. The molecule has 2 rings (SSSR count). The number of rotatable bonds is 6. The average molecular weight is 375 g/mol. The number of carbonyl (C=O) groups is 2. The zero-order chi connectivity index (χ0) is 19.4. The number of aromatic nitrogens is 1. The molecule has 0 N–H and O–H groups in total. The van der Waals surface area contributed by atoms with Gasteiger partial charge in [0.25, 0.3) is 5.91 Å². The lowest BCUT2D eigenvalue weighted by molar-refractivity contribution is -0.143. The Bertz CT molecular complexity index is 758. The summed E-state index contributed by atoms with van der Waals surface area (Å²) in [6.07, 6.45) is -0.850. The van der Waals surface area contributed by atoms with Crippen LogP contribution in [-0.4, -0.2) is 39.9 Å². The highest BCUT2D eigenvalue weighted by Crippen LogP contribution is 2.24. The Hall–Kier alpha value is -2.21. The fourth-order valence-electron chi connectivity index (χ4n) is 2.78. The summed E-state index contributed by atoms with van der Waals surface area (Å²) in [5.74, 6) is -0.773.